The quantitative estimate of drug-likeness (QED) is 0.269. The average Bonchev–Trinajstić information content (AvgIpc) is 2.67. The molecule has 0 saturated heterocycles. The zero-order valence-electron chi connectivity index (χ0n) is 18.1. The Kier molecular flexibility index (Phi) is 12.2. The van der Waals surface area contributed by atoms with E-state index in [4.69, 9.17) is 9.73 Å². The maximum Gasteiger partial charge on any atom is 0.224 e. The first-order chi connectivity index (χ1) is 13.6. The number of benzene rings is 1. The molecule has 1 saturated carbocycles. The fourth-order valence-corrected chi connectivity index (χ4v) is 3.50. The van der Waals surface area contributed by atoms with Gasteiger partial charge in [0.25, 0.3) is 0 Å². The van der Waals surface area contributed by atoms with E-state index in [2.05, 4.69) is 17.6 Å². The van der Waals surface area contributed by atoms with E-state index in [1.165, 1.54) is 19.3 Å². The van der Waals surface area contributed by atoms with Gasteiger partial charge in [-0.25, -0.2) is 0 Å². The van der Waals surface area contributed by atoms with Crippen molar-refractivity contribution in [2.75, 3.05) is 40.4 Å². The highest BCUT2D eigenvalue weighted by Gasteiger charge is 2.36. The van der Waals surface area contributed by atoms with Crippen LogP contribution in [0.1, 0.15) is 44.6 Å². The first-order valence-corrected chi connectivity index (χ1v) is 10.4. The average molecular weight is 516 g/mol. The van der Waals surface area contributed by atoms with Gasteiger partial charge in [-0.1, -0.05) is 36.8 Å². The molecule has 1 amide bonds. The summed E-state index contributed by atoms with van der Waals surface area (Å²) in [4.78, 5) is 18.9. The molecule has 1 aromatic carbocycles. The van der Waals surface area contributed by atoms with Gasteiger partial charge in [0.15, 0.2) is 5.96 Å². The molecule has 0 radical (unpaired) electrons. The van der Waals surface area contributed by atoms with Crippen LogP contribution in [0.25, 0.3) is 0 Å². The zero-order valence-corrected chi connectivity index (χ0v) is 20.4. The number of guanidine groups is 1. The minimum atomic E-state index is 0. The molecule has 6 nitrogen and oxygen atoms in total. The van der Waals surface area contributed by atoms with Crippen molar-refractivity contribution in [3.8, 4) is 0 Å². The molecule has 0 aromatic heterocycles. The Hall–Kier alpha value is -1.35. The number of methoxy groups -OCH3 is 1. The normalized spacial score (nSPS) is 15.1. The van der Waals surface area contributed by atoms with E-state index in [-0.39, 0.29) is 29.9 Å². The van der Waals surface area contributed by atoms with Crippen LogP contribution in [0.4, 0.5) is 0 Å². The lowest BCUT2D eigenvalue weighted by molar-refractivity contribution is -0.130. The summed E-state index contributed by atoms with van der Waals surface area (Å²) in [5, 5.41) is 6.59. The first kappa shape index (κ1) is 25.7. The summed E-state index contributed by atoms with van der Waals surface area (Å²) in [7, 11) is 3.61. The van der Waals surface area contributed by atoms with E-state index in [0.717, 1.165) is 37.6 Å². The molecule has 2 N–H and O–H groups in total. The number of carbonyl (C=O) groups is 1. The highest BCUT2D eigenvalue weighted by atomic mass is 127. The van der Waals surface area contributed by atoms with E-state index in [9.17, 15) is 4.79 Å². The van der Waals surface area contributed by atoms with Crippen molar-refractivity contribution < 1.29 is 9.53 Å². The van der Waals surface area contributed by atoms with Crippen LogP contribution < -0.4 is 10.6 Å². The number of amides is 1. The molecule has 0 spiro atoms. The molecule has 164 valence electrons. The zero-order chi connectivity index (χ0) is 20.2. The van der Waals surface area contributed by atoms with Crippen molar-refractivity contribution >= 4 is 35.8 Å². The number of carbonyl (C=O) groups excluding carboxylic acids is 1. The van der Waals surface area contributed by atoms with E-state index in [1.54, 1.807) is 12.0 Å². The molecule has 0 bridgehead atoms. The van der Waals surface area contributed by atoms with E-state index in [1.807, 2.05) is 37.4 Å². The van der Waals surface area contributed by atoms with Crippen molar-refractivity contribution in [2.45, 2.75) is 45.6 Å². The van der Waals surface area contributed by atoms with Crippen LogP contribution in [-0.4, -0.2) is 57.2 Å². The van der Waals surface area contributed by atoms with Crippen molar-refractivity contribution in [2.24, 2.45) is 10.4 Å². The van der Waals surface area contributed by atoms with Crippen molar-refractivity contribution in [1.29, 1.82) is 0 Å². The third kappa shape index (κ3) is 8.90. The SMILES string of the molecule is CCNC(=NCC1(CCOC)CCC1)NCCC(=O)N(C)Cc1ccccc1.I. The Morgan fingerprint density at radius 3 is 2.55 bits per heavy atom. The number of halogens is 1. The van der Waals surface area contributed by atoms with Gasteiger partial charge in [0, 0.05) is 53.4 Å². The van der Waals surface area contributed by atoms with Gasteiger partial charge in [-0.3, -0.25) is 9.79 Å². The van der Waals surface area contributed by atoms with Crippen LogP contribution in [0.5, 0.6) is 0 Å². The van der Waals surface area contributed by atoms with Gasteiger partial charge in [0.1, 0.15) is 0 Å². The third-order valence-electron chi connectivity index (χ3n) is 5.49. The molecule has 0 heterocycles. The minimum Gasteiger partial charge on any atom is -0.385 e. The van der Waals surface area contributed by atoms with Gasteiger partial charge < -0.3 is 20.3 Å². The molecule has 1 aliphatic carbocycles. The Bertz CT molecular complexity index is 620. The van der Waals surface area contributed by atoms with Crippen LogP contribution in [0.3, 0.4) is 0 Å². The summed E-state index contributed by atoms with van der Waals surface area (Å²) in [6.45, 7) is 5.68. The Balaban J connectivity index is 0.00000420. The fourth-order valence-electron chi connectivity index (χ4n) is 3.50. The Morgan fingerprint density at radius 1 is 1.24 bits per heavy atom. The smallest absolute Gasteiger partial charge is 0.224 e. The van der Waals surface area contributed by atoms with Gasteiger partial charge in [-0.2, -0.15) is 0 Å². The summed E-state index contributed by atoms with van der Waals surface area (Å²) < 4.78 is 5.26. The number of hydrogen-bond donors (Lipinski definition) is 2. The first-order valence-electron chi connectivity index (χ1n) is 10.4. The van der Waals surface area contributed by atoms with Crippen LogP contribution in [-0.2, 0) is 16.1 Å². The molecule has 29 heavy (non-hydrogen) atoms. The second kappa shape index (κ2) is 13.8. The summed E-state index contributed by atoms with van der Waals surface area (Å²) in [6, 6.07) is 10.1. The highest BCUT2D eigenvalue weighted by Crippen LogP contribution is 2.44. The maximum absolute atomic E-state index is 12.4. The number of rotatable bonds is 11. The van der Waals surface area contributed by atoms with Crippen LogP contribution in [0, 0.1) is 5.41 Å². The minimum absolute atomic E-state index is 0. The highest BCUT2D eigenvalue weighted by molar-refractivity contribution is 14.0. The number of ether oxygens (including phenoxy) is 1. The van der Waals surface area contributed by atoms with Gasteiger partial charge in [0.05, 0.1) is 0 Å². The summed E-state index contributed by atoms with van der Waals surface area (Å²) >= 11 is 0. The third-order valence-corrected chi connectivity index (χ3v) is 5.49. The molecule has 2 rings (SSSR count). The summed E-state index contributed by atoms with van der Waals surface area (Å²) in [5.41, 5.74) is 1.44. The number of aliphatic imine (C=N–C) groups is 1. The van der Waals surface area contributed by atoms with E-state index < -0.39 is 0 Å². The predicted molar refractivity (Wildman–Crippen MR) is 130 cm³/mol. The number of nitrogens with zero attached hydrogens (tertiary/aromatic N) is 2. The second-order valence-corrected chi connectivity index (χ2v) is 7.70. The van der Waals surface area contributed by atoms with Crippen LogP contribution >= 0.6 is 24.0 Å². The summed E-state index contributed by atoms with van der Waals surface area (Å²) in [6.07, 6.45) is 5.24. The lowest BCUT2D eigenvalue weighted by Crippen LogP contribution is -2.41. The maximum atomic E-state index is 12.4. The van der Waals surface area contributed by atoms with Gasteiger partial charge in [0.2, 0.25) is 5.91 Å². The molecule has 0 unspecified atom stereocenters. The second-order valence-electron chi connectivity index (χ2n) is 7.70. The van der Waals surface area contributed by atoms with Gasteiger partial charge in [-0.15, -0.1) is 24.0 Å². The molecule has 1 aliphatic rings. The fraction of sp³-hybridized carbons (Fsp3) is 0.636. The topological polar surface area (TPSA) is 66.0 Å². The van der Waals surface area contributed by atoms with Crippen molar-refractivity contribution in [3.05, 3.63) is 35.9 Å². The van der Waals surface area contributed by atoms with Crippen LogP contribution in [0.2, 0.25) is 0 Å². The van der Waals surface area contributed by atoms with Gasteiger partial charge in [-0.05, 0) is 37.2 Å². The molecule has 1 fully saturated rings. The molecule has 1 aromatic rings. The molecule has 0 aliphatic heterocycles. The van der Waals surface area contributed by atoms with E-state index >= 15 is 0 Å². The van der Waals surface area contributed by atoms with Crippen molar-refractivity contribution in [1.82, 2.24) is 15.5 Å². The van der Waals surface area contributed by atoms with Crippen molar-refractivity contribution in [3.63, 3.8) is 0 Å². The number of nitrogens with one attached hydrogen (secondary N) is 2. The van der Waals surface area contributed by atoms with Gasteiger partial charge >= 0.3 is 0 Å². The largest absolute Gasteiger partial charge is 0.385 e. The van der Waals surface area contributed by atoms with Crippen LogP contribution in [0.15, 0.2) is 35.3 Å². The van der Waals surface area contributed by atoms with E-state index in [0.29, 0.717) is 24.9 Å². The standard InChI is InChI=1S/C22H36N4O2.HI/c1-4-23-21(25-18-22(12-8-13-22)14-16-28-3)24-15-11-20(27)26(2)17-19-9-6-5-7-10-19;/h5-7,9-10H,4,8,11-18H2,1-3H3,(H2,23,24,25);1H. The Labute approximate surface area is 192 Å². The molecule has 0 atom stereocenters. The Morgan fingerprint density at radius 2 is 1.97 bits per heavy atom. The lowest BCUT2D eigenvalue weighted by atomic mass is 9.67. The molecular weight excluding hydrogens is 479 g/mol. The lowest BCUT2D eigenvalue weighted by Gasteiger charge is -2.40. The monoisotopic (exact) mass is 516 g/mol. The molecule has 7 heteroatoms. The summed E-state index contributed by atoms with van der Waals surface area (Å²) in [5.74, 6) is 0.924. The number of hydrogen-bond acceptors (Lipinski definition) is 3. The molecular formula is C22H37IN4O2. The predicted octanol–water partition coefficient (Wildman–Crippen LogP) is 3.42.